The van der Waals surface area contributed by atoms with Gasteiger partial charge in [0.05, 0.1) is 23.1 Å². The highest BCUT2D eigenvalue weighted by Crippen LogP contribution is 2.32. The van der Waals surface area contributed by atoms with Gasteiger partial charge in [0.2, 0.25) is 0 Å². The zero-order chi connectivity index (χ0) is 17.9. The summed E-state index contributed by atoms with van der Waals surface area (Å²) < 4.78 is 5.17. The molecule has 1 aromatic rings. The topological polar surface area (TPSA) is 84.7 Å². The molecule has 0 aliphatic carbocycles. The van der Waals surface area contributed by atoms with Crippen LogP contribution in [0, 0.1) is 10.1 Å². The van der Waals surface area contributed by atoms with E-state index >= 15 is 0 Å². The Kier molecular flexibility index (Phi) is 5.50. The molecule has 1 atom stereocenters. The number of nitrogens with zero attached hydrogens (tertiary/aromatic N) is 2. The number of nitro groups is 1. The van der Waals surface area contributed by atoms with Gasteiger partial charge in [-0.05, 0) is 38.6 Å². The first-order valence-corrected chi connectivity index (χ1v) is 8.01. The first-order valence-electron chi connectivity index (χ1n) is 7.60. The van der Waals surface area contributed by atoms with Gasteiger partial charge in [-0.1, -0.05) is 12.1 Å². The van der Waals surface area contributed by atoms with Crippen molar-refractivity contribution in [1.82, 2.24) is 10.2 Å². The summed E-state index contributed by atoms with van der Waals surface area (Å²) in [7, 11) is 0. The van der Waals surface area contributed by atoms with E-state index in [0.29, 0.717) is 28.5 Å². The summed E-state index contributed by atoms with van der Waals surface area (Å²) in [4.78, 5) is 24.8. The largest absolute Gasteiger partial charge is 0.463 e. The Labute approximate surface area is 145 Å². The maximum Gasteiger partial charge on any atom is 0.338 e. The number of nitro benzene ring substituents is 1. The summed E-state index contributed by atoms with van der Waals surface area (Å²) in [5, 5.41) is 14.6. The van der Waals surface area contributed by atoms with E-state index in [9.17, 15) is 14.9 Å². The van der Waals surface area contributed by atoms with Crippen molar-refractivity contribution in [2.45, 2.75) is 26.8 Å². The van der Waals surface area contributed by atoms with Crippen molar-refractivity contribution in [2.75, 3.05) is 13.2 Å². The minimum atomic E-state index is -0.584. The fourth-order valence-corrected chi connectivity index (χ4v) is 3.09. The number of esters is 1. The van der Waals surface area contributed by atoms with Gasteiger partial charge >= 0.3 is 5.97 Å². The van der Waals surface area contributed by atoms with E-state index in [2.05, 4.69) is 5.32 Å². The highest BCUT2D eigenvalue weighted by atomic mass is 32.1. The Morgan fingerprint density at radius 1 is 1.46 bits per heavy atom. The molecule has 1 N–H and O–H groups in total. The lowest BCUT2D eigenvalue weighted by molar-refractivity contribution is -0.384. The van der Waals surface area contributed by atoms with Crippen LogP contribution in [-0.4, -0.2) is 34.1 Å². The first kappa shape index (κ1) is 17.9. The van der Waals surface area contributed by atoms with Crippen molar-refractivity contribution in [3.8, 4) is 0 Å². The van der Waals surface area contributed by atoms with E-state index in [4.69, 9.17) is 17.0 Å². The molecule has 1 aliphatic heterocycles. The number of nitrogens with one attached hydrogen (secondary N) is 1. The monoisotopic (exact) mass is 349 g/mol. The number of allylic oxidation sites excluding steroid dienone is 1. The minimum absolute atomic E-state index is 0.0426. The molecule has 1 aliphatic rings. The molecule has 128 valence electrons. The van der Waals surface area contributed by atoms with Crippen molar-refractivity contribution < 1.29 is 14.5 Å². The van der Waals surface area contributed by atoms with Crippen LogP contribution in [-0.2, 0) is 9.53 Å². The van der Waals surface area contributed by atoms with Crippen LogP contribution in [0.3, 0.4) is 0 Å². The number of carbonyl (C=O) groups is 1. The number of hydrogen-bond acceptors (Lipinski definition) is 5. The van der Waals surface area contributed by atoms with Gasteiger partial charge in [-0.25, -0.2) is 4.79 Å². The average Bonchev–Trinajstić information content (AvgIpc) is 2.54. The van der Waals surface area contributed by atoms with E-state index in [-0.39, 0.29) is 12.3 Å². The first-order chi connectivity index (χ1) is 11.4. The van der Waals surface area contributed by atoms with Crippen LogP contribution in [0.25, 0.3) is 0 Å². The molecule has 0 fully saturated rings. The lowest BCUT2D eigenvalue weighted by Gasteiger charge is -2.36. The zero-order valence-electron chi connectivity index (χ0n) is 13.7. The minimum Gasteiger partial charge on any atom is -0.463 e. The van der Waals surface area contributed by atoms with Gasteiger partial charge in [0, 0.05) is 24.4 Å². The standard InChI is InChI=1S/C16H19N3O4S/c1-4-18-10(3)13(15(20)23-5-2)14(17-16(18)24)11-7-6-8-12(9-11)19(21)22/h6-9,14H,4-5H2,1-3H3,(H,17,24)/t14-/m1/s1. The molecular formula is C16H19N3O4S. The quantitative estimate of drug-likeness (QED) is 0.378. The molecule has 2 rings (SSSR count). The van der Waals surface area contributed by atoms with Gasteiger partial charge in [-0.15, -0.1) is 0 Å². The highest BCUT2D eigenvalue weighted by Gasteiger charge is 2.34. The number of non-ortho nitro benzene ring substituents is 1. The second-order valence-corrected chi connectivity index (χ2v) is 5.59. The van der Waals surface area contributed by atoms with Crippen LogP contribution < -0.4 is 5.32 Å². The highest BCUT2D eigenvalue weighted by molar-refractivity contribution is 7.80. The maximum absolute atomic E-state index is 12.5. The van der Waals surface area contributed by atoms with Gasteiger partial charge in [0.15, 0.2) is 5.11 Å². The van der Waals surface area contributed by atoms with Crippen molar-refractivity contribution >= 4 is 29.0 Å². The van der Waals surface area contributed by atoms with Crippen LogP contribution in [0.4, 0.5) is 5.69 Å². The van der Waals surface area contributed by atoms with Crippen LogP contribution in [0.2, 0.25) is 0 Å². The van der Waals surface area contributed by atoms with Crippen molar-refractivity contribution in [1.29, 1.82) is 0 Å². The van der Waals surface area contributed by atoms with Gasteiger partial charge < -0.3 is 15.0 Å². The number of rotatable bonds is 5. The van der Waals surface area contributed by atoms with Crippen molar-refractivity contribution in [2.24, 2.45) is 0 Å². The molecule has 0 aromatic heterocycles. The average molecular weight is 349 g/mol. The van der Waals surface area contributed by atoms with Gasteiger partial charge in [-0.2, -0.15) is 0 Å². The van der Waals surface area contributed by atoms with Gasteiger partial charge in [-0.3, -0.25) is 10.1 Å². The normalized spacial score (nSPS) is 17.5. The van der Waals surface area contributed by atoms with E-state index < -0.39 is 16.9 Å². The SMILES string of the molecule is CCOC(=O)C1=C(C)N(CC)C(=S)N[C@@H]1c1cccc([N+](=O)[O-])c1. The molecule has 0 saturated carbocycles. The summed E-state index contributed by atoms with van der Waals surface area (Å²) in [5.74, 6) is -0.458. The summed E-state index contributed by atoms with van der Waals surface area (Å²) in [5.41, 5.74) is 1.65. The predicted molar refractivity (Wildman–Crippen MR) is 93.3 cm³/mol. The predicted octanol–water partition coefficient (Wildman–Crippen LogP) is 2.68. The number of ether oxygens (including phenoxy) is 1. The van der Waals surface area contributed by atoms with Crippen LogP contribution in [0.15, 0.2) is 35.5 Å². The second kappa shape index (κ2) is 7.39. The van der Waals surface area contributed by atoms with Crippen LogP contribution in [0.5, 0.6) is 0 Å². The molecule has 7 nitrogen and oxygen atoms in total. The third kappa shape index (κ3) is 3.38. The summed E-state index contributed by atoms with van der Waals surface area (Å²) in [6.45, 7) is 6.30. The maximum atomic E-state index is 12.5. The third-order valence-corrected chi connectivity index (χ3v) is 4.16. The molecule has 1 aromatic carbocycles. The molecule has 0 spiro atoms. The Morgan fingerprint density at radius 2 is 2.17 bits per heavy atom. The molecule has 0 radical (unpaired) electrons. The van der Waals surface area contributed by atoms with E-state index in [0.717, 1.165) is 0 Å². The van der Waals surface area contributed by atoms with Crippen LogP contribution in [0.1, 0.15) is 32.4 Å². The van der Waals surface area contributed by atoms with Crippen molar-refractivity contribution in [3.05, 3.63) is 51.2 Å². The lowest BCUT2D eigenvalue weighted by Crippen LogP contribution is -2.47. The van der Waals surface area contributed by atoms with Crippen molar-refractivity contribution in [3.63, 3.8) is 0 Å². The second-order valence-electron chi connectivity index (χ2n) is 5.20. The van der Waals surface area contributed by atoms with E-state index in [1.54, 1.807) is 30.9 Å². The van der Waals surface area contributed by atoms with Gasteiger partial charge in [0.1, 0.15) is 0 Å². The van der Waals surface area contributed by atoms with E-state index in [1.807, 2.05) is 6.92 Å². The fraction of sp³-hybridized carbons (Fsp3) is 0.375. The molecule has 8 heteroatoms. The van der Waals surface area contributed by atoms with Gasteiger partial charge in [0.25, 0.3) is 5.69 Å². The molecule has 1 heterocycles. The number of thiocarbonyl (C=S) groups is 1. The van der Waals surface area contributed by atoms with E-state index in [1.165, 1.54) is 12.1 Å². The third-order valence-electron chi connectivity index (χ3n) is 3.82. The fourth-order valence-electron chi connectivity index (χ4n) is 2.70. The summed E-state index contributed by atoms with van der Waals surface area (Å²) in [6, 6.07) is 5.57. The lowest BCUT2D eigenvalue weighted by atomic mass is 9.94. The number of hydrogen-bond donors (Lipinski definition) is 1. The molecule has 0 unspecified atom stereocenters. The molecule has 24 heavy (non-hydrogen) atoms. The molecular weight excluding hydrogens is 330 g/mol. The summed E-state index contributed by atoms with van der Waals surface area (Å²) in [6.07, 6.45) is 0. The molecule has 0 amide bonds. The molecule has 0 saturated heterocycles. The Hall–Kier alpha value is -2.48. The number of carbonyl (C=O) groups excluding carboxylic acids is 1. The summed E-state index contributed by atoms with van der Waals surface area (Å²) >= 11 is 5.36. The number of benzene rings is 1. The Morgan fingerprint density at radius 3 is 2.75 bits per heavy atom. The Balaban J connectivity index is 2.55. The Bertz CT molecular complexity index is 717. The smallest absolute Gasteiger partial charge is 0.338 e. The zero-order valence-corrected chi connectivity index (χ0v) is 14.6. The molecule has 0 bridgehead atoms. The van der Waals surface area contributed by atoms with Crippen LogP contribution >= 0.6 is 12.2 Å².